The average Bonchev–Trinajstić information content (AvgIpc) is 2.22. The zero-order chi connectivity index (χ0) is 14.6. The molecule has 1 aromatic carbocycles. The number of aliphatic hydroxyl groups excluding tert-OH is 1. The van der Waals surface area contributed by atoms with E-state index in [2.05, 4.69) is 36.6 Å². The molecule has 0 radical (unpaired) electrons. The topological polar surface area (TPSA) is 92.4 Å². The molecule has 1 unspecified atom stereocenters. The number of halogens is 2. The molecule has 1 aromatic rings. The molecule has 4 N–H and O–H groups in total. The van der Waals surface area contributed by atoms with Gasteiger partial charge in [0.1, 0.15) is 4.90 Å². The molecule has 0 fully saturated rings. The van der Waals surface area contributed by atoms with Crippen molar-refractivity contribution in [3.8, 4) is 0 Å². The Hall–Kier alpha value is -0.150. The van der Waals surface area contributed by atoms with Crippen molar-refractivity contribution < 1.29 is 13.5 Å². The van der Waals surface area contributed by atoms with Gasteiger partial charge in [-0.2, -0.15) is 0 Å². The highest BCUT2D eigenvalue weighted by molar-refractivity contribution is 9.11. The lowest BCUT2D eigenvalue weighted by atomic mass is 10.2. The second kappa shape index (κ2) is 7.03. The molecule has 0 saturated carbocycles. The van der Waals surface area contributed by atoms with E-state index in [0.29, 0.717) is 21.8 Å². The SMILES string of the molecule is CC(O)CCCNS(=O)(=O)c1c(N)cc(Br)cc1Br. The number of nitrogen functional groups attached to an aromatic ring is 1. The molecule has 0 saturated heterocycles. The quantitative estimate of drug-likeness (QED) is 0.490. The molecular weight excluding hydrogens is 400 g/mol. The molecule has 0 spiro atoms. The first-order chi connectivity index (χ1) is 8.74. The lowest BCUT2D eigenvalue weighted by Crippen LogP contribution is -2.26. The van der Waals surface area contributed by atoms with Crippen LogP contribution in [0, 0.1) is 0 Å². The van der Waals surface area contributed by atoms with E-state index in [1.807, 2.05) is 0 Å². The van der Waals surface area contributed by atoms with Crippen molar-refractivity contribution in [2.75, 3.05) is 12.3 Å². The summed E-state index contributed by atoms with van der Waals surface area (Å²) >= 11 is 6.44. The second-order valence-electron chi connectivity index (χ2n) is 4.19. The van der Waals surface area contributed by atoms with Crippen molar-refractivity contribution in [2.45, 2.75) is 30.8 Å². The standard InChI is InChI=1S/C11H16Br2N2O3S/c1-7(16)3-2-4-15-19(17,18)11-9(13)5-8(12)6-10(11)14/h5-7,15-16H,2-4,14H2,1H3. The van der Waals surface area contributed by atoms with Gasteiger partial charge < -0.3 is 10.8 Å². The van der Waals surface area contributed by atoms with Crippen molar-refractivity contribution in [1.29, 1.82) is 0 Å². The number of aliphatic hydroxyl groups is 1. The first kappa shape index (κ1) is 16.9. The van der Waals surface area contributed by atoms with E-state index >= 15 is 0 Å². The van der Waals surface area contributed by atoms with E-state index in [9.17, 15) is 8.42 Å². The number of benzene rings is 1. The van der Waals surface area contributed by atoms with Crippen molar-refractivity contribution in [1.82, 2.24) is 4.72 Å². The van der Waals surface area contributed by atoms with E-state index in [1.54, 1.807) is 13.0 Å². The molecule has 0 amide bonds. The summed E-state index contributed by atoms with van der Waals surface area (Å²) in [4.78, 5) is 0.0350. The van der Waals surface area contributed by atoms with E-state index in [-0.39, 0.29) is 17.1 Å². The van der Waals surface area contributed by atoms with Crippen LogP contribution in [0.1, 0.15) is 19.8 Å². The summed E-state index contributed by atoms with van der Waals surface area (Å²) in [7, 11) is -3.66. The van der Waals surface area contributed by atoms with Crippen LogP contribution in [0.2, 0.25) is 0 Å². The number of hydrogen-bond donors (Lipinski definition) is 3. The van der Waals surface area contributed by atoms with Gasteiger partial charge in [-0.15, -0.1) is 0 Å². The van der Waals surface area contributed by atoms with Crippen molar-refractivity contribution >= 4 is 47.6 Å². The number of rotatable bonds is 6. The monoisotopic (exact) mass is 414 g/mol. The van der Waals surface area contributed by atoms with Gasteiger partial charge in [-0.3, -0.25) is 0 Å². The van der Waals surface area contributed by atoms with Gasteiger partial charge in [0.2, 0.25) is 10.0 Å². The fourth-order valence-electron chi connectivity index (χ4n) is 1.54. The highest BCUT2D eigenvalue weighted by atomic mass is 79.9. The summed E-state index contributed by atoms with van der Waals surface area (Å²) < 4.78 is 27.8. The summed E-state index contributed by atoms with van der Waals surface area (Å²) in [6.07, 6.45) is 0.666. The summed E-state index contributed by atoms with van der Waals surface area (Å²) in [5.74, 6) is 0. The molecule has 0 aliphatic heterocycles. The van der Waals surface area contributed by atoms with E-state index in [0.717, 1.165) is 0 Å². The van der Waals surface area contributed by atoms with Gasteiger partial charge >= 0.3 is 0 Å². The normalized spacial score (nSPS) is 13.5. The molecule has 0 aliphatic rings. The maximum atomic E-state index is 12.1. The predicted molar refractivity (Wildman–Crippen MR) is 82.4 cm³/mol. The number of anilines is 1. The third kappa shape index (κ3) is 5.03. The molecule has 0 bridgehead atoms. The van der Waals surface area contributed by atoms with Crippen molar-refractivity contribution in [3.63, 3.8) is 0 Å². The molecule has 1 atom stereocenters. The third-order valence-electron chi connectivity index (χ3n) is 2.40. The van der Waals surface area contributed by atoms with Crippen LogP contribution in [0.25, 0.3) is 0 Å². The molecule has 108 valence electrons. The van der Waals surface area contributed by atoms with E-state index in [1.165, 1.54) is 6.07 Å². The lowest BCUT2D eigenvalue weighted by Gasteiger charge is -2.12. The maximum absolute atomic E-state index is 12.1. The number of nitrogens with one attached hydrogen (secondary N) is 1. The van der Waals surface area contributed by atoms with Gasteiger partial charge in [0, 0.05) is 15.5 Å². The molecule has 5 nitrogen and oxygen atoms in total. The summed E-state index contributed by atoms with van der Waals surface area (Å²) in [5, 5.41) is 9.11. The Balaban J connectivity index is 2.84. The van der Waals surface area contributed by atoms with Crippen LogP contribution < -0.4 is 10.5 Å². The molecule has 0 heterocycles. The molecule has 1 rings (SSSR count). The number of hydrogen-bond acceptors (Lipinski definition) is 4. The Morgan fingerprint density at radius 2 is 2.05 bits per heavy atom. The highest BCUT2D eigenvalue weighted by Gasteiger charge is 2.21. The largest absolute Gasteiger partial charge is 0.398 e. The Kier molecular flexibility index (Phi) is 6.25. The predicted octanol–water partition coefficient (Wildman–Crippen LogP) is 2.23. The minimum absolute atomic E-state index is 0.0350. The first-order valence-electron chi connectivity index (χ1n) is 5.66. The summed E-state index contributed by atoms with van der Waals surface area (Å²) in [6, 6.07) is 3.16. The first-order valence-corrected chi connectivity index (χ1v) is 8.73. The van der Waals surface area contributed by atoms with Crippen LogP contribution in [-0.2, 0) is 10.0 Å². The zero-order valence-corrected chi connectivity index (χ0v) is 14.3. The molecule has 19 heavy (non-hydrogen) atoms. The third-order valence-corrected chi connectivity index (χ3v) is 5.32. The average molecular weight is 416 g/mol. The Bertz CT molecular complexity index is 524. The highest BCUT2D eigenvalue weighted by Crippen LogP contribution is 2.31. The van der Waals surface area contributed by atoms with Gasteiger partial charge in [-0.1, -0.05) is 15.9 Å². The minimum atomic E-state index is -3.66. The number of sulfonamides is 1. The van der Waals surface area contributed by atoms with Crippen LogP contribution in [0.5, 0.6) is 0 Å². The van der Waals surface area contributed by atoms with Gasteiger partial charge in [0.25, 0.3) is 0 Å². The lowest BCUT2D eigenvalue weighted by molar-refractivity contribution is 0.182. The second-order valence-corrected chi connectivity index (χ2v) is 7.67. The van der Waals surface area contributed by atoms with Crippen molar-refractivity contribution in [2.24, 2.45) is 0 Å². The van der Waals surface area contributed by atoms with Gasteiger partial charge in [0.05, 0.1) is 11.8 Å². The molecule has 8 heteroatoms. The van der Waals surface area contributed by atoms with Crippen LogP contribution >= 0.6 is 31.9 Å². The summed E-state index contributed by atoms with van der Waals surface area (Å²) in [5.41, 5.74) is 5.91. The fraction of sp³-hybridized carbons (Fsp3) is 0.455. The van der Waals surface area contributed by atoms with Crippen LogP contribution in [0.3, 0.4) is 0 Å². The van der Waals surface area contributed by atoms with Gasteiger partial charge in [0.15, 0.2) is 0 Å². The minimum Gasteiger partial charge on any atom is -0.398 e. The van der Waals surface area contributed by atoms with E-state index < -0.39 is 16.1 Å². The van der Waals surface area contributed by atoms with Crippen LogP contribution in [0.15, 0.2) is 26.0 Å². The van der Waals surface area contributed by atoms with Crippen LogP contribution in [-0.4, -0.2) is 26.2 Å². The molecule has 0 aliphatic carbocycles. The Morgan fingerprint density at radius 1 is 1.42 bits per heavy atom. The van der Waals surface area contributed by atoms with Gasteiger partial charge in [-0.25, -0.2) is 13.1 Å². The number of nitrogens with two attached hydrogens (primary N) is 1. The zero-order valence-electron chi connectivity index (χ0n) is 10.4. The molecular formula is C11H16Br2N2O3S. The summed E-state index contributed by atoms with van der Waals surface area (Å²) in [6.45, 7) is 1.92. The van der Waals surface area contributed by atoms with Crippen LogP contribution in [0.4, 0.5) is 5.69 Å². The smallest absolute Gasteiger partial charge is 0.243 e. The van der Waals surface area contributed by atoms with Gasteiger partial charge in [-0.05, 0) is 47.8 Å². The maximum Gasteiger partial charge on any atom is 0.243 e. The van der Waals surface area contributed by atoms with Crippen molar-refractivity contribution in [3.05, 3.63) is 21.1 Å². The Labute approximate surface area is 129 Å². The van der Waals surface area contributed by atoms with E-state index in [4.69, 9.17) is 10.8 Å². The fourth-order valence-corrected chi connectivity index (χ4v) is 4.68. The molecule has 0 aromatic heterocycles. The Morgan fingerprint density at radius 3 is 2.58 bits per heavy atom.